The molecule has 0 radical (unpaired) electrons. The number of ether oxygens (including phenoxy) is 1. The Morgan fingerprint density at radius 3 is 2.95 bits per heavy atom. The van der Waals surface area contributed by atoms with E-state index in [0.717, 1.165) is 0 Å². The maximum absolute atomic E-state index is 11.3. The minimum Gasteiger partial charge on any atom is -0.481 e. The Bertz CT molecular complexity index is 568. The molecule has 1 aliphatic rings. The van der Waals surface area contributed by atoms with Crippen molar-refractivity contribution in [3.63, 3.8) is 0 Å². The van der Waals surface area contributed by atoms with Crippen LogP contribution in [0.25, 0.3) is 0 Å². The molecule has 1 aliphatic heterocycles. The van der Waals surface area contributed by atoms with Crippen LogP contribution in [0.5, 0.6) is 0 Å². The van der Waals surface area contributed by atoms with Crippen LogP contribution in [0, 0.1) is 16.0 Å². The van der Waals surface area contributed by atoms with Gasteiger partial charge in [-0.1, -0.05) is 0 Å². The van der Waals surface area contributed by atoms with Crippen molar-refractivity contribution in [2.24, 2.45) is 5.92 Å². The highest BCUT2D eigenvalue weighted by molar-refractivity contribution is 9.10. The normalized spacial score (nSPS) is 21.2. The molecule has 1 fully saturated rings. The Labute approximate surface area is 129 Å². The summed E-state index contributed by atoms with van der Waals surface area (Å²) in [5.74, 6) is -1.54. The molecule has 0 aliphatic carbocycles. The fourth-order valence-corrected chi connectivity index (χ4v) is 2.72. The van der Waals surface area contributed by atoms with E-state index in [1.807, 2.05) is 0 Å². The smallest absolute Gasteiger partial charge is 0.312 e. The number of rotatable bonds is 5. The molecule has 8 nitrogen and oxygen atoms in total. The third-order valence-corrected chi connectivity index (χ3v) is 3.82. The number of likely N-dealkylation sites (N-methyl/N-ethyl adjacent to an activating group) is 1. The van der Waals surface area contributed by atoms with Gasteiger partial charge in [-0.3, -0.25) is 14.9 Å². The highest BCUT2D eigenvalue weighted by atomic mass is 79.9. The number of hydrogen-bond donors (Lipinski definition) is 1. The van der Waals surface area contributed by atoms with Crippen molar-refractivity contribution in [2.45, 2.75) is 13.0 Å². The second-order valence-corrected chi connectivity index (χ2v) is 5.50. The van der Waals surface area contributed by atoms with E-state index in [2.05, 4.69) is 20.9 Å². The molecule has 0 bridgehead atoms. The minimum atomic E-state index is -0.976. The number of carboxylic acids is 1. The lowest BCUT2D eigenvalue weighted by molar-refractivity contribution is -0.384. The summed E-state index contributed by atoms with van der Waals surface area (Å²) in [6.45, 7) is 2.50. The van der Waals surface area contributed by atoms with E-state index < -0.39 is 22.9 Å². The van der Waals surface area contributed by atoms with E-state index in [-0.39, 0.29) is 24.7 Å². The largest absolute Gasteiger partial charge is 0.481 e. The maximum Gasteiger partial charge on any atom is 0.312 e. The summed E-state index contributed by atoms with van der Waals surface area (Å²) >= 11 is 3.15. The molecule has 0 amide bonds. The van der Waals surface area contributed by atoms with Gasteiger partial charge in [0.25, 0.3) is 0 Å². The zero-order valence-corrected chi connectivity index (χ0v) is 12.8. The Kier molecular flexibility index (Phi) is 4.73. The molecule has 1 aromatic rings. The summed E-state index contributed by atoms with van der Waals surface area (Å²) in [5, 5.41) is 20.4. The predicted molar refractivity (Wildman–Crippen MR) is 77.3 cm³/mol. The molecular weight excluding hydrogens is 346 g/mol. The summed E-state index contributed by atoms with van der Waals surface area (Å²) in [6.07, 6.45) is 1.45. The van der Waals surface area contributed by atoms with Gasteiger partial charge in [-0.2, -0.15) is 0 Å². The molecule has 1 N–H and O–H groups in total. The van der Waals surface area contributed by atoms with Crippen LogP contribution in [0.4, 0.5) is 11.5 Å². The van der Waals surface area contributed by atoms with E-state index in [1.54, 1.807) is 11.8 Å². The van der Waals surface area contributed by atoms with Crippen LogP contribution in [-0.2, 0) is 9.53 Å². The molecule has 2 rings (SSSR count). The summed E-state index contributed by atoms with van der Waals surface area (Å²) in [7, 11) is 0. The van der Waals surface area contributed by atoms with Gasteiger partial charge in [0, 0.05) is 23.3 Å². The average molecular weight is 360 g/mol. The van der Waals surface area contributed by atoms with Crippen molar-refractivity contribution in [3.8, 4) is 0 Å². The first-order chi connectivity index (χ1) is 9.95. The number of nitro groups is 1. The average Bonchev–Trinajstić information content (AvgIpc) is 2.90. The maximum atomic E-state index is 11.3. The molecule has 2 unspecified atom stereocenters. The van der Waals surface area contributed by atoms with E-state index in [0.29, 0.717) is 11.0 Å². The van der Waals surface area contributed by atoms with Crippen LogP contribution < -0.4 is 4.90 Å². The molecule has 114 valence electrons. The van der Waals surface area contributed by atoms with Crippen molar-refractivity contribution >= 4 is 33.4 Å². The van der Waals surface area contributed by atoms with Gasteiger partial charge in [0.1, 0.15) is 5.92 Å². The van der Waals surface area contributed by atoms with Gasteiger partial charge >= 0.3 is 11.7 Å². The number of halogens is 1. The topological polar surface area (TPSA) is 106 Å². The van der Waals surface area contributed by atoms with Crippen LogP contribution in [0.2, 0.25) is 0 Å². The number of hydrogen-bond acceptors (Lipinski definition) is 6. The van der Waals surface area contributed by atoms with Crippen molar-refractivity contribution in [2.75, 3.05) is 24.7 Å². The molecular formula is C12H14BrN3O5. The number of pyridine rings is 1. The molecule has 0 saturated carbocycles. The molecule has 21 heavy (non-hydrogen) atoms. The van der Waals surface area contributed by atoms with Crippen LogP contribution in [0.1, 0.15) is 6.92 Å². The summed E-state index contributed by atoms with van der Waals surface area (Å²) in [4.78, 5) is 27.7. The van der Waals surface area contributed by atoms with Gasteiger partial charge in [0.05, 0.1) is 24.2 Å². The predicted octanol–water partition coefficient (Wildman–Crippen LogP) is 1.68. The Morgan fingerprint density at radius 1 is 1.67 bits per heavy atom. The molecule has 1 aromatic heterocycles. The fraction of sp³-hybridized carbons (Fsp3) is 0.500. The minimum absolute atomic E-state index is 0.0980. The first-order valence-electron chi connectivity index (χ1n) is 6.32. The van der Waals surface area contributed by atoms with Crippen LogP contribution in [-0.4, -0.2) is 46.8 Å². The second-order valence-electron chi connectivity index (χ2n) is 4.59. The Morgan fingerprint density at radius 2 is 2.38 bits per heavy atom. The zero-order chi connectivity index (χ0) is 15.6. The summed E-state index contributed by atoms with van der Waals surface area (Å²) in [6, 6.07) is 0.885. The highest BCUT2D eigenvalue weighted by Gasteiger charge is 2.40. The standard InChI is InChI=1S/C12H14BrN3O5/c1-2-15(10-6-21-5-8(10)12(17)18)11-9(16(19)20)3-7(13)4-14-11/h3-4,8,10H,2,5-6H2,1H3,(H,17,18). The van der Waals surface area contributed by atoms with E-state index in [4.69, 9.17) is 4.74 Å². The molecule has 2 atom stereocenters. The van der Waals surface area contributed by atoms with Crippen LogP contribution >= 0.6 is 15.9 Å². The van der Waals surface area contributed by atoms with E-state index >= 15 is 0 Å². The molecule has 0 aromatic carbocycles. The van der Waals surface area contributed by atoms with Crippen molar-refractivity contribution in [1.29, 1.82) is 0 Å². The van der Waals surface area contributed by atoms with Crippen molar-refractivity contribution in [3.05, 3.63) is 26.9 Å². The number of carbonyl (C=O) groups is 1. The van der Waals surface area contributed by atoms with Gasteiger partial charge in [-0.15, -0.1) is 0 Å². The number of aromatic nitrogens is 1. The third kappa shape index (κ3) is 3.13. The second kappa shape index (κ2) is 6.35. The lowest BCUT2D eigenvalue weighted by atomic mass is 10.0. The lowest BCUT2D eigenvalue weighted by Gasteiger charge is -2.29. The fourth-order valence-electron chi connectivity index (χ4n) is 2.40. The van der Waals surface area contributed by atoms with Crippen LogP contribution in [0.15, 0.2) is 16.7 Å². The number of carboxylic acid groups (broad SMARTS) is 1. The number of nitrogens with zero attached hydrogens (tertiary/aromatic N) is 3. The first-order valence-corrected chi connectivity index (χ1v) is 7.12. The summed E-state index contributed by atoms with van der Waals surface area (Å²) in [5.41, 5.74) is -0.165. The number of aliphatic carboxylic acids is 1. The first kappa shape index (κ1) is 15.6. The molecule has 9 heteroatoms. The van der Waals surface area contributed by atoms with Gasteiger partial charge in [0.15, 0.2) is 0 Å². The monoisotopic (exact) mass is 359 g/mol. The lowest BCUT2D eigenvalue weighted by Crippen LogP contribution is -2.44. The van der Waals surface area contributed by atoms with Crippen molar-refractivity contribution in [1.82, 2.24) is 4.98 Å². The van der Waals surface area contributed by atoms with Gasteiger partial charge in [-0.25, -0.2) is 4.98 Å². The van der Waals surface area contributed by atoms with E-state index in [9.17, 15) is 20.0 Å². The third-order valence-electron chi connectivity index (χ3n) is 3.39. The quantitative estimate of drug-likeness (QED) is 0.629. The highest BCUT2D eigenvalue weighted by Crippen LogP contribution is 2.32. The zero-order valence-electron chi connectivity index (χ0n) is 11.2. The van der Waals surface area contributed by atoms with Crippen LogP contribution in [0.3, 0.4) is 0 Å². The molecule has 1 saturated heterocycles. The number of anilines is 1. The SMILES string of the molecule is CCN(c1ncc(Br)cc1[N+](=O)[O-])C1COCC1C(=O)O. The molecule has 2 heterocycles. The van der Waals surface area contributed by atoms with Crippen molar-refractivity contribution < 1.29 is 19.6 Å². The molecule has 0 spiro atoms. The Balaban J connectivity index is 2.42. The summed E-state index contributed by atoms with van der Waals surface area (Å²) < 4.78 is 5.72. The van der Waals surface area contributed by atoms with Gasteiger partial charge in [-0.05, 0) is 22.9 Å². The Hall–Kier alpha value is -1.74. The van der Waals surface area contributed by atoms with Gasteiger partial charge < -0.3 is 14.7 Å². The van der Waals surface area contributed by atoms with Gasteiger partial charge in [0.2, 0.25) is 5.82 Å². The van der Waals surface area contributed by atoms with E-state index in [1.165, 1.54) is 12.3 Å².